The number of amides is 5. The van der Waals surface area contributed by atoms with E-state index in [2.05, 4.69) is 5.32 Å². The zero-order valence-electron chi connectivity index (χ0n) is 17.4. The van der Waals surface area contributed by atoms with E-state index in [4.69, 9.17) is 16.7 Å². The van der Waals surface area contributed by atoms with Gasteiger partial charge in [-0.2, -0.15) is 0 Å². The van der Waals surface area contributed by atoms with Crippen LogP contribution in [0.15, 0.2) is 59.6 Å². The lowest BCUT2D eigenvalue weighted by Crippen LogP contribution is -2.62. The first kappa shape index (κ1) is 22.7. The summed E-state index contributed by atoms with van der Waals surface area (Å²) in [6.45, 7) is 0.189. The first-order valence-electron chi connectivity index (χ1n) is 9.84. The molecule has 9 nitrogen and oxygen atoms in total. The molecule has 1 saturated heterocycles. The van der Waals surface area contributed by atoms with Gasteiger partial charge in [-0.25, -0.2) is 19.3 Å². The molecule has 1 atom stereocenters. The number of carbonyl (C=O) groups excluding carboxylic acids is 3. The predicted octanol–water partition coefficient (Wildman–Crippen LogP) is 3.52. The molecular weight excluding hydrogens is 468 g/mol. The van der Waals surface area contributed by atoms with Gasteiger partial charge in [0.25, 0.3) is 5.91 Å². The molecule has 1 fully saturated rings. The maximum absolute atomic E-state index is 13.2. The van der Waals surface area contributed by atoms with Crippen molar-refractivity contribution in [2.75, 3.05) is 7.05 Å². The Morgan fingerprint density at radius 3 is 2.30 bits per heavy atom. The molecular formula is C22H19ClN4O5S. The number of thioether (sulfide) groups is 1. The summed E-state index contributed by atoms with van der Waals surface area (Å²) in [4.78, 5) is 53.7. The first-order valence-corrected chi connectivity index (χ1v) is 11.2. The lowest BCUT2D eigenvalue weighted by Gasteiger charge is -2.42. The summed E-state index contributed by atoms with van der Waals surface area (Å²) in [5.74, 6) is -1.51. The van der Waals surface area contributed by atoms with E-state index in [0.29, 0.717) is 10.6 Å². The van der Waals surface area contributed by atoms with Gasteiger partial charge in [-0.05, 0) is 35.4 Å². The van der Waals surface area contributed by atoms with Gasteiger partial charge in [-0.15, -0.1) is 0 Å². The number of rotatable bonds is 6. The number of nitrogens with zero attached hydrogens (tertiary/aromatic N) is 3. The van der Waals surface area contributed by atoms with Crippen molar-refractivity contribution in [3.63, 3.8) is 0 Å². The maximum Gasteiger partial charge on any atom is 0.335 e. The lowest BCUT2D eigenvalue weighted by molar-refractivity contribution is -0.119. The van der Waals surface area contributed by atoms with Gasteiger partial charge in [-0.1, -0.05) is 47.6 Å². The molecule has 2 aliphatic heterocycles. The normalized spacial score (nSPS) is 17.7. The first-order chi connectivity index (χ1) is 15.8. The summed E-state index contributed by atoms with van der Waals surface area (Å²) in [6, 6.07) is 11.8. The molecule has 2 aromatic rings. The number of urea groups is 2. The minimum Gasteiger partial charge on any atom is -0.478 e. The summed E-state index contributed by atoms with van der Waals surface area (Å²) in [5.41, 5.74) is 1.02. The molecule has 5 amide bonds. The van der Waals surface area contributed by atoms with Crippen molar-refractivity contribution in [2.24, 2.45) is 0 Å². The van der Waals surface area contributed by atoms with Crippen LogP contribution in [-0.2, 0) is 17.9 Å². The molecule has 0 radical (unpaired) electrons. The number of hydrogen-bond acceptors (Lipinski definition) is 5. The second kappa shape index (κ2) is 9.16. The highest BCUT2D eigenvalue weighted by Crippen LogP contribution is 2.37. The van der Waals surface area contributed by atoms with E-state index in [-0.39, 0.29) is 24.4 Å². The third-order valence-electron chi connectivity index (χ3n) is 5.22. The molecule has 33 heavy (non-hydrogen) atoms. The van der Waals surface area contributed by atoms with E-state index in [0.717, 1.165) is 10.5 Å². The Labute approximate surface area is 198 Å². The minimum atomic E-state index is -1.07. The predicted molar refractivity (Wildman–Crippen MR) is 122 cm³/mol. The van der Waals surface area contributed by atoms with Crippen LogP contribution >= 0.6 is 23.4 Å². The minimum absolute atomic E-state index is 0.0601. The molecule has 0 aromatic heterocycles. The monoisotopic (exact) mass is 486 g/mol. The number of halogens is 1. The Kier molecular flexibility index (Phi) is 6.30. The van der Waals surface area contributed by atoms with Crippen LogP contribution in [0.25, 0.3) is 0 Å². The third kappa shape index (κ3) is 4.53. The average Bonchev–Trinajstić information content (AvgIpc) is 3.26. The van der Waals surface area contributed by atoms with Crippen molar-refractivity contribution >= 4 is 47.3 Å². The van der Waals surface area contributed by atoms with Gasteiger partial charge in [0.1, 0.15) is 5.70 Å². The zero-order valence-corrected chi connectivity index (χ0v) is 19.0. The topological polar surface area (TPSA) is 110 Å². The zero-order chi connectivity index (χ0) is 23.7. The van der Waals surface area contributed by atoms with E-state index < -0.39 is 29.4 Å². The number of hydrogen-bond donors (Lipinski definition) is 2. The van der Waals surface area contributed by atoms with Crippen molar-refractivity contribution in [3.8, 4) is 0 Å². The van der Waals surface area contributed by atoms with Crippen LogP contribution < -0.4 is 5.32 Å². The molecule has 0 aliphatic carbocycles. The van der Waals surface area contributed by atoms with Gasteiger partial charge in [0, 0.05) is 24.0 Å². The SMILES string of the molecule is CN1C(=O)N(Cc2ccc(C(=O)O)cc2)C(=O)N2C(C(=O)NCc3ccc(Cl)cc3)=CSC12. The van der Waals surface area contributed by atoms with Gasteiger partial charge >= 0.3 is 18.0 Å². The van der Waals surface area contributed by atoms with Crippen molar-refractivity contribution in [1.29, 1.82) is 0 Å². The number of carboxylic acid groups (broad SMARTS) is 1. The highest BCUT2D eigenvalue weighted by atomic mass is 35.5. The van der Waals surface area contributed by atoms with Crippen LogP contribution in [0, 0.1) is 0 Å². The van der Waals surface area contributed by atoms with E-state index in [1.54, 1.807) is 48.9 Å². The maximum atomic E-state index is 13.2. The van der Waals surface area contributed by atoms with Crippen LogP contribution in [0.2, 0.25) is 5.02 Å². The van der Waals surface area contributed by atoms with E-state index in [9.17, 15) is 19.2 Å². The molecule has 170 valence electrons. The fraction of sp³-hybridized carbons (Fsp3) is 0.182. The Bertz CT molecular complexity index is 1150. The smallest absolute Gasteiger partial charge is 0.335 e. The van der Waals surface area contributed by atoms with Crippen molar-refractivity contribution < 1.29 is 24.3 Å². The van der Waals surface area contributed by atoms with Gasteiger partial charge in [0.2, 0.25) is 0 Å². The number of nitrogens with one attached hydrogen (secondary N) is 1. The highest BCUT2D eigenvalue weighted by molar-refractivity contribution is 8.03. The number of carboxylic acids is 1. The van der Waals surface area contributed by atoms with Crippen molar-refractivity contribution in [1.82, 2.24) is 20.0 Å². The molecule has 11 heteroatoms. The lowest BCUT2D eigenvalue weighted by atomic mass is 10.1. The Hall–Kier alpha value is -3.50. The number of benzene rings is 2. The fourth-order valence-corrected chi connectivity index (χ4v) is 4.62. The average molecular weight is 487 g/mol. The highest BCUT2D eigenvalue weighted by Gasteiger charge is 2.48. The van der Waals surface area contributed by atoms with Crippen LogP contribution in [0.1, 0.15) is 21.5 Å². The number of aromatic carboxylic acids is 1. The molecule has 2 heterocycles. The summed E-state index contributed by atoms with van der Waals surface area (Å²) < 4.78 is 0. The number of carbonyl (C=O) groups is 4. The molecule has 0 saturated carbocycles. The van der Waals surface area contributed by atoms with Crippen LogP contribution in [-0.4, -0.2) is 56.3 Å². The molecule has 4 rings (SSSR count). The van der Waals surface area contributed by atoms with Crippen LogP contribution in [0.3, 0.4) is 0 Å². The molecule has 2 aromatic carbocycles. The number of fused-ring (bicyclic) bond motifs is 1. The molecule has 0 bridgehead atoms. The molecule has 0 spiro atoms. The molecule has 2 aliphatic rings. The Balaban J connectivity index is 1.49. The van der Waals surface area contributed by atoms with Gasteiger partial charge in [0.05, 0.1) is 12.1 Å². The van der Waals surface area contributed by atoms with Gasteiger partial charge in [-0.3, -0.25) is 14.6 Å². The van der Waals surface area contributed by atoms with Crippen LogP contribution in [0.5, 0.6) is 0 Å². The molecule has 1 unspecified atom stereocenters. The number of imide groups is 1. The Morgan fingerprint density at radius 2 is 1.67 bits per heavy atom. The Morgan fingerprint density at radius 1 is 1.03 bits per heavy atom. The standard InChI is InChI=1S/C22H19ClN4O5S/c1-25-20(31)26(11-14-2-6-15(7-3-14)19(29)30)21(32)27-17(12-33-22(25)27)18(28)24-10-13-4-8-16(23)9-5-13/h2-9,12,22H,10-11H2,1H3,(H,24,28)(H,29,30). The fourth-order valence-electron chi connectivity index (χ4n) is 3.43. The largest absolute Gasteiger partial charge is 0.478 e. The van der Waals surface area contributed by atoms with E-state index >= 15 is 0 Å². The van der Waals surface area contributed by atoms with Gasteiger partial charge < -0.3 is 10.4 Å². The summed E-state index contributed by atoms with van der Waals surface area (Å²) in [6.07, 6.45) is 0. The molecule has 2 N–H and O–H groups in total. The van der Waals surface area contributed by atoms with Crippen molar-refractivity contribution in [3.05, 3.63) is 81.3 Å². The van der Waals surface area contributed by atoms with Crippen LogP contribution in [0.4, 0.5) is 9.59 Å². The second-order valence-corrected chi connectivity index (χ2v) is 8.77. The summed E-state index contributed by atoms with van der Waals surface area (Å²) in [5, 5.41) is 14.0. The summed E-state index contributed by atoms with van der Waals surface area (Å²) in [7, 11) is 1.56. The van der Waals surface area contributed by atoms with Crippen molar-refractivity contribution in [2.45, 2.75) is 18.6 Å². The quantitative estimate of drug-likeness (QED) is 0.646. The van der Waals surface area contributed by atoms with E-state index in [1.165, 1.54) is 33.7 Å². The third-order valence-corrected chi connectivity index (χ3v) is 6.61. The van der Waals surface area contributed by atoms with E-state index in [1.807, 2.05) is 0 Å². The summed E-state index contributed by atoms with van der Waals surface area (Å²) >= 11 is 7.08. The second-order valence-electron chi connectivity index (χ2n) is 7.41. The van der Waals surface area contributed by atoms with Gasteiger partial charge in [0.15, 0.2) is 5.50 Å².